The van der Waals surface area contributed by atoms with Gasteiger partial charge in [0.05, 0.1) is 11.3 Å². The first kappa shape index (κ1) is 13.1. The highest BCUT2D eigenvalue weighted by Crippen LogP contribution is 2.40. The fourth-order valence-electron chi connectivity index (χ4n) is 2.05. The molecule has 0 aliphatic rings. The Hall–Kier alpha value is -2.33. The van der Waals surface area contributed by atoms with Crippen LogP contribution >= 0.6 is 11.3 Å². The summed E-state index contributed by atoms with van der Waals surface area (Å²) >= 11 is 0.972. The number of hydrogen-bond acceptors (Lipinski definition) is 6. The number of fused-ring (bicyclic) bond motifs is 1. The van der Waals surface area contributed by atoms with Crippen LogP contribution in [0.25, 0.3) is 10.2 Å². The molecule has 0 aromatic carbocycles. The van der Waals surface area contributed by atoms with Gasteiger partial charge in [-0.25, -0.2) is 9.78 Å². The first-order valence-electron chi connectivity index (χ1n) is 5.53. The molecule has 2 aromatic heterocycles. The summed E-state index contributed by atoms with van der Waals surface area (Å²) in [5.74, 6) is -1.01. The minimum atomic E-state index is -1.10. The van der Waals surface area contributed by atoms with Crippen LogP contribution in [0.1, 0.15) is 40.6 Å². The molecule has 19 heavy (non-hydrogen) atoms. The first-order chi connectivity index (χ1) is 8.88. The van der Waals surface area contributed by atoms with E-state index in [0.717, 1.165) is 11.3 Å². The Bertz CT molecular complexity index is 728. The highest BCUT2D eigenvalue weighted by atomic mass is 32.1. The van der Waals surface area contributed by atoms with E-state index in [1.165, 1.54) is 0 Å². The van der Waals surface area contributed by atoms with Crippen molar-refractivity contribution in [1.29, 1.82) is 5.26 Å². The fraction of sp³-hybridized carbons (Fsp3) is 0.250. The van der Waals surface area contributed by atoms with E-state index < -0.39 is 5.97 Å². The summed E-state index contributed by atoms with van der Waals surface area (Å²) in [5, 5.41) is 18.8. The Kier molecular flexibility index (Phi) is 3.04. The van der Waals surface area contributed by atoms with E-state index in [9.17, 15) is 10.1 Å². The Labute approximate surface area is 113 Å². The first-order valence-corrected chi connectivity index (χ1v) is 6.34. The number of anilines is 2. The number of carbonyl (C=O) groups is 1. The Morgan fingerprint density at radius 2 is 2.11 bits per heavy atom. The van der Waals surface area contributed by atoms with Crippen molar-refractivity contribution in [2.75, 3.05) is 11.5 Å². The number of nitriles is 1. The standard InChI is InChI=1S/C12H12N4O2S/c1-4(2)6-5(3-13)10(15)16-11-7(6)8(14)9(19-11)12(17)18/h4H,14H2,1-2H3,(H2,15,16)(H,17,18). The van der Waals surface area contributed by atoms with Crippen molar-refractivity contribution >= 4 is 39.0 Å². The molecule has 0 radical (unpaired) electrons. The largest absolute Gasteiger partial charge is 0.477 e. The van der Waals surface area contributed by atoms with Crippen LogP contribution < -0.4 is 11.5 Å². The quantitative estimate of drug-likeness (QED) is 0.771. The number of carboxylic acid groups (broad SMARTS) is 1. The molecule has 0 bridgehead atoms. The lowest BCUT2D eigenvalue weighted by Gasteiger charge is -2.11. The summed E-state index contributed by atoms with van der Waals surface area (Å²) in [6.45, 7) is 3.79. The van der Waals surface area contributed by atoms with Crippen LogP contribution in [0.4, 0.5) is 11.5 Å². The molecule has 2 heterocycles. The van der Waals surface area contributed by atoms with E-state index in [-0.39, 0.29) is 27.9 Å². The Balaban J connectivity index is 3.00. The molecular formula is C12H12N4O2S. The van der Waals surface area contributed by atoms with Crippen LogP contribution in [0.3, 0.4) is 0 Å². The monoisotopic (exact) mass is 276 g/mol. The zero-order valence-corrected chi connectivity index (χ0v) is 11.2. The van der Waals surface area contributed by atoms with Gasteiger partial charge in [0.1, 0.15) is 21.6 Å². The van der Waals surface area contributed by atoms with E-state index in [2.05, 4.69) is 4.98 Å². The SMILES string of the molecule is CC(C)c1c(C#N)c(N)nc2sc(C(=O)O)c(N)c12. The number of pyridine rings is 1. The summed E-state index contributed by atoms with van der Waals surface area (Å²) in [6, 6.07) is 2.02. The normalized spacial score (nSPS) is 10.8. The van der Waals surface area contributed by atoms with Gasteiger partial charge in [0, 0.05) is 5.39 Å². The average molecular weight is 276 g/mol. The molecule has 7 heteroatoms. The number of nitrogens with zero attached hydrogens (tertiary/aromatic N) is 2. The fourth-order valence-corrected chi connectivity index (χ4v) is 3.01. The van der Waals surface area contributed by atoms with Crippen molar-refractivity contribution in [2.45, 2.75) is 19.8 Å². The third kappa shape index (κ3) is 1.86. The summed E-state index contributed by atoms with van der Waals surface area (Å²) in [7, 11) is 0. The maximum absolute atomic E-state index is 11.1. The van der Waals surface area contributed by atoms with Crippen LogP contribution in [0, 0.1) is 11.3 Å². The van der Waals surface area contributed by atoms with Gasteiger partial charge in [-0.15, -0.1) is 11.3 Å². The van der Waals surface area contributed by atoms with Crippen LogP contribution in [0.2, 0.25) is 0 Å². The molecule has 0 saturated carbocycles. The van der Waals surface area contributed by atoms with Gasteiger partial charge in [0.15, 0.2) is 0 Å². The van der Waals surface area contributed by atoms with Crippen LogP contribution in [-0.2, 0) is 0 Å². The number of aromatic carboxylic acids is 1. The predicted octanol–water partition coefficient (Wildman–Crippen LogP) is 2.15. The topological polar surface area (TPSA) is 126 Å². The van der Waals surface area contributed by atoms with Crippen molar-refractivity contribution in [3.63, 3.8) is 0 Å². The van der Waals surface area contributed by atoms with Crippen molar-refractivity contribution < 1.29 is 9.90 Å². The van der Waals surface area contributed by atoms with Gasteiger partial charge in [0.25, 0.3) is 0 Å². The summed E-state index contributed by atoms with van der Waals surface area (Å²) < 4.78 is 0. The molecule has 0 aliphatic carbocycles. The molecule has 2 rings (SSSR count). The Morgan fingerprint density at radius 3 is 2.58 bits per heavy atom. The van der Waals surface area contributed by atoms with Crippen LogP contribution in [0.5, 0.6) is 0 Å². The second-order valence-electron chi connectivity index (χ2n) is 4.38. The molecule has 0 amide bonds. The molecule has 6 nitrogen and oxygen atoms in total. The zero-order chi connectivity index (χ0) is 14.3. The minimum Gasteiger partial charge on any atom is -0.477 e. The van der Waals surface area contributed by atoms with Gasteiger partial charge in [-0.1, -0.05) is 13.8 Å². The number of aromatic nitrogens is 1. The molecule has 0 aliphatic heterocycles. The third-order valence-corrected chi connectivity index (χ3v) is 3.91. The molecule has 5 N–H and O–H groups in total. The van der Waals surface area contributed by atoms with E-state index in [1.54, 1.807) is 0 Å². The minimum absolute atomic E-state index is 0.0130. The van der Waals surface area contributed by atoms with Gasteiger partial charge >= 0.3 is 5.97 Å². The number of thiophene rings is 1. The molecular weight excluding hydrogens is 264 g/mol. The number of hydrogen-bond donors (Lipinski definition) is 3. The smallest absolute Gasteiger partial charge is 0.348 e. The zero-order valence-electron chi connectivity index (χ0n) is 10.4. The second kappa shape index (κ2) is 4.40. The highest BCUT2D eigenvalue weighted by Gasteiger charge is 2.24. The number of carboxylic acids is 1. The molecule has 0 saturated heterocycles. The molecule has 0 spiro atoms. The maximum Gasteiger partial charge on any atom is 0.348 e. The van der Waals surface area contributed by atoms with Gasteiger partial charge in [-0.05, 0) is 11.5 Å². The van der Waals surface area contributed by atoms with Crippen molar-refractivity contribution in [1.82, 2.24) is 4.98 Å². The van der Waals surface area contributed by atoms with Gasteiger partial charge < -0.3 is 16.6 Å². The number of nitrogens with two attached hydrogens (primary N) is 2. The molecule has 2 aromatic rings. The van der Waals surface area contributed by atoms with E-state index in [1.807, 2.05) is 19.9 Å². The number of nitrogen functional groups attached to an aromatic ring is 2. The summed E-state index contributed by atoms with van der Waals surface area (Å²) in [6.07, 6.45) is 0. The van der Waals surface area contributed by atoms with Crippen molar-refractivity contribution in [3.05, 3.63) is 16.0 Å². The lowest BCUT2D eigenvalue weighted by molar-refractivity contribution is 0.0703. The predicted molar refractivity (Wildman–Crippen MR) is 74.2 cm³/mol. The molecule has 98 valence electrons. The highest BCUT2D eigenvalue weighted by molar-refractivity contribution is 7.21. The van der Waals surface area contributed by atoms with E-state index in [0.29, 0.717) is 15.8 Å². The van der Waals surface area contributed by atoms with Gasteiger partial charge in [0.2, 0.25) is 0 Å². The average Bonchev–Trinajstić information content (AvgIpc) is 2.64. The van der Waals surface area contributed by atoms with Gasteiger partial charge in [-0.3, -0.25) is 0 Å². The van der Waals surface area contributed by atoms with E-state index in [4.69, 9.17) is 16.6 Å². The maximum atomic E-state index is 11.1. The van der Waals surface area contributed by atoms with E-state index >= 15 is 0 Å². The third-order valence-electron chi connectivity index (χ3n) is 2.83. The molecule has 0 atom stereocenters. The summed E-state index contributed by atoms with van der Waals surface area (Å²) in [4.78, 5) is 15.7. The Morgan fingerprint density at radius 1 is 1.47 bits per heavy atom. The lowest BCUT2D eigenvalue weighted by atomic mass is 9.95. The lowest BCUT2D eigenvalue weighted by Crippen LogP contribution is -2.04. The van der Waals surface area contributed by atoms with Crippen molar-refractivity contribution in [2.24, 2.45) is 0 Å². The molecule has 0 unspecified atom stereocenters. The molecule has 0 fully saturated rings. The summed E-state index contributed by atoms with van der Waals surface area (Å²) in [5.41, 5.74) is 12.7. The number of rotatable bonds is 2. The second-order valence-corrected chi connectivity index (χ2v) is 5.38. The van der Waals surface area contributed by atoms with Crippen molar-refractivity contribution in [3.8, 4) is 6.07 Å². The van der Waals surface area contributed by atoms with Crippen LogP contribution in [0.15, 0.2) is 0 Å². The van der Waals surface area contributed by atoms with Crippen LogP contribution in [-0.4, -0.2) is 16.1 Å². The van der Waals surface area contributed by atoms with Gasteiger partial charge in [-0.2, -0.15) is 5.26 Å².